The molecule has 2 aromatic rings. The largest absolute Gasteiger partial charge is 0.482 e. The standard InChI is InChI=1S/C21H20N2O5S/c1-2-27-19(25)12-28-16-6-3-13(4-7-16)18(24)11-23-10-15-9-14(20(22)29)5-8-17(15)21(23)26/h3-9H,2,10-12H2,1H3,(H2,22,29). The highest BCUT2D eigenvalue weighted by molar-refractivity contribution is 7.80. The minimum Gasteiger partial charge on any atom is -0.482 e. The Kier molecular flexibility index (Phi) is 6.23. The highest BCUT2D eigenvalue weighted by Crippen LogP contribution is 2.24. The van der Waals surface area contributed by atoms with E-state index >= 15 is 0 Å². The second-order valence-corrected chi connectivity index (χ2v) is 6.88. The Morgan fingerprint density at radius 2 is 1.83 bits per heavy atom. The van der Waals surface area contributed by atoms with Gasteiger partial charge in [0.25, 0.3) is 5.91 Å². The maximum Gasteiger partial charge on any atom is 0.344 e. The number of hydrogen-bond donors (Lipinski definition) is 1. The fourth-order valence-corrected chi connectivity index (χ4v) is 3.14. The van der Waals surface area contributed by atoms with Gasteiger partial charge in [-0.3, -0.25) is 9.59 Å². The van der Waals surface area contributed by atoms with Gasteiger partial charge in [0.05, 0.1) is 13.2 Å². The zero-order chi connectivity index (χ0) is 21.0. The Morgan fingerprint density at radius 1 is 1.14 bits per heavy atom. The van der Waals surface area contributed by atoms with E-state index in [1.54, 1.807) is 49.4 Å². The summed E-state index contributed by atoms with van der Waals surface area (Å²) in [4.78, 5) is 38.2. The van der Waals surface area contributed by atoms with Gasteiger partial charge in [-0.2, -0.15) is 0 Å². The van der Waals surface area contributed by atoms with Gasteiger partial charge in [-0.25, -0.2) is 4.79 Å². The Labute approximate surface area is 173 Å². The van der Waals surface area contributed by atoms with Crippen LogP contribution in [0.4, 0.5) is 0 Å². The van der Waals surface area contributed by atoms with Crippen LogP contribution in [0.3, 0.4) is 0 Å². The van der Waals surface area contributed by atoms with Crippen LogP contribution in [0.5, 0.6) is 5.75 Å². The maximum absolute atomic E-state index is 12.6. The SMILES string of the molecule is CCOC(=O)COc1ccc(C(=O)CN2Cc3cc(C(N)=S)ccc3C2=O)cc1. The number of nitrogens with zero attached hydrogens (tertiary/aromatic N) is 1. The van der Waals surface area contributed by atoms with Crippen molar-refractivity contribution in [2.75, 3.05) is 19.8 Å². The molecule has 7 nitrogen and oxygen atoms in total. The number of nitrogens with two attached hydrogens (primary N) is 1. The Bertz CT molecular complexity index is 972. The van der Waals surface area contributed by atoms with Crippen molar-refractivity contribution in [1.82, 2.24) is 4.90 Å². The van der Waals surface area contributed by atoms with Crippen molar-refractivity contribution in [1.29, 1.82) is 0 Å². The third-order valence-electron chi connectivity index (χ3n) is 4.44. The first-order valence-corrected chi connectivity index (χ1v) is 9.43. The normalized spacial score (nSPS) is 12.4. The van der Waals surface area contributed by atoms with E-state index < -0.39 is 5.97 Å². The monoisotopic (exact) mass is 412 g/mol. The van der Waals surface area contributed by atoms with E-state index in [1.807, 2.05) is 0 Å². The highest BCUT2D eigenvalue weighted by Gasteiger charge is 2.29. The zero-order valence-electron chi connectivity index (χ0n) is 15.8. The molecule has 0 saturated carbocycles. The smallest absolute Gasteiger partial charge is 0.344 e. The number of benzene rings is 2. The number of thiocarbonyl (C=S) groups is 1. The van der Waals surface area contributed by atoms with Crippen LogP contribution in [0.25, 0.3) is 0 Å². The van der Waals surface area contributed by atoms with Crippen LogP contribution in [0.1, 0.15) is 38.8 Å². The molecule has 8 heteroatoms. The summed E-state index contributed by atoms with van der Waals surface area (Å²) >= 11 is 4.97. The van der Waals surface area contributed by atoms with Gasteiger partial charge < -0.3 is 20.1 Å². The summed E-state index contributed by atoms with van der Waals surface area (Å²) in [5.41, 5.74) is 8.14. The minimum absolute atomic E-state index is 0.0427. The lowest BCUT2D eigenvalue weighted by molar-refractivity contribution is -0.145. The van der Waals surface area contributed by atoms with E-state index in [0.29, 0.717) is 29.0 Å². The van der Waals surface area contributed by atoms with E-state index in [-0.39, 0.29) is 36.4 Å². The Balaban J connectivity index is 1.61. The van der Waals surface area contributed by atoms with Crippen molar-refractivity contribution >= 4 is 34.9 Å². The number of amides is 1. The second kappa shape index (κ2) is 8.83. The predicted molar refractivity (Wildman–Crippen MR) is 110 cm³/mol. The maximum atomic E-state index is 12.6. The van der Waals surface area contributed by atoms with Gasteiger partial charge in [0.1, 0.15) is 10.7 Å². The van der Waals surface area contributed by atoms with Gasteiger partial charge in [-0.15, -0.1) is 0 Å². The van der Waals surface area contributed by atoms with Crippen molar-refractivity contribution in [3.05, 3.63) is 64.7 Å². The molecule has 0 radical (unpaired) electrons. The molecular formula is C21H20N2O5S. The van der Waals surface area contributed by atoms with Crippen molar-refractivity contribution in [2.45, 2.75) is 13.5 Å². The third-order valence-corrected chi connectivity index (χ3v) is 4.68. The molecule has 0 aromatic heterocycles. The summed E-state index contributed by atoms with van der Waals surface area (Å²) in [6.45, 7) is 2.09. The topological polar surface area (TPSA) is 98.9 Å². The second-order valence-electron chi connectivity index (χ2n) is 6.44. The molecule has 2 aromatic carbocycles. The average Bonchev–Trinajstić information content (AvgIpc) is 3.01. The number of esters is 1. The number of fused-ring (bicyclic) bond motifs is 1. The molecule has 29 heavy (non-hydrogen) atoms. The molecule has 0 saturated heterocycles. The summed E-state index contributed by atoms with van der Waals surface area (Å²) in [5.74, 6) is -0.405. The first kappa shape index (κ1) is 20.5. The van der Waals surface area contributed by atoms with Gasteiger partial charge in [0.2, 0.25) is 0 Å². The summed E-state index contributed by atoms with van der Waals surface area (Å²) in [6.07, 6.45) is 0. The molecule has 1 aliphatic rings. The number of carbonyl (C=O) groups excluding carboxylic acids is 3. The Hall–Kier alpha value is -3.26. The molecule has 2 N–H and O–H groups in total. The van der Waals surface area contributed by atoms with E-state index in [2.05, 4.69) is 0 Å². The summed E-state index contributed by atoms with van der Waals surface area (Å²) < 4.78 is 10.1. The van der Waals surface area contributed by atoms with Crippen LogP contribution in [-0.4, -0.2) is 47.3 Å². The lowest BCUT2D eigenvalue weighted by atomic mass is 10.1. The number of Topliss-reactive ketones (excluding diaryl/α,β-unsaturated/α-hetero) is 1. The molecule has 1 aliphatic heterocycles. The predicted octanol–water partition coefficient (Wildman–Crippen LogP) is 2.10. The molecular weight excluding hydrogens is 392 g/mol. The molecule has 0 aliphatic carbocycles. The molecule has 0 atom stereocenters. The van der Waals surface area contributed by atoms with Gasteiger partial charge >= 0.3 is 5.97 Å². The number of ketones is 1. The van der Waals surface area contributed by atoms with Gasteiger partial charge in [0.15, 0.2) is 12.4 Å². The molecule has 1 heterocycles. The van der Waals surface area contributed by atoms with Crippen molar-refractivity contribution in [2.24, 2.45) is 5.73 Å². The quantitative estimate of drug-likeness (QED) is 0.403. The van der Waals surface area contributed by atoms with E-state index in [4.69, 9.17) is 27.4 Å². The minimum atomic E-state index is -0.460. The van der Waals surface area contributed by atoms with Gasteiger partial charge in [-0.05, 0) is 48.9 Å². The van der Waals surface area contributed by atoms with E-state index in [9.17, 15) is 14.4 Å². The molecule has 0 bridgehead atoms. The highest BCUT2D eigenvalue weighted by atomic mass is 32.1. The average molecular weight is 412 g/mol. The molecule has 0 unspecified atom stereocenters. The summed E-state index contributed by atoms with van der Waals surface area (Å²) in [6, 6.07) is 11.6. The lowest BCUT2D eigenvalue weighted by Crippen LogP contribution is -2.30. The van der Waals surface area contributed by atoms with Crippen molar-refractivity contribution in [3.63, 3.8) is 0 Å². The summed E-state index contributed by atoms with van der Waals surface area (Å²) in [7, 11) is 0. The lowest BCUT2D eigenvalue weighted by Gasteiger charge is -2.14. The fraction of sp³-hybridized carbons (Fsp3) is 0.238. The first-order chi connectivity index (χ1) is 13.9. The number of hydrogen-bond acceptors (Lipinski definition) is 6. The third kappa shape index (κ3) is 4.78. The number of rotatable bonds is 8. The van der Waals surface area contributed by atoms with Gasteiger partial charge in [0, 0.05) is 23.2 Å². The van der Waals surface area contributed by atoms with Crippen molar-refractivity contribution < 1.29 is 23.9 Å². The fourth-order valence-electron chi connectivity index (χ4n) is 3.01. The van der Waals surface area contributed by atoms with Crippen molar-refractivity contribution in [3.8, 4) is 5.75 Å². The van der Waals surface area contributed by atoms with Crippen LogP contribution in [-0.2, 0) is 16.1 Å². The van der Waals surface area contributed by atoms with E-state index in [0.717, 1.165) is 5.56 Å². The van der Waals surface area contributed by atoms with Crippen LogP contribution >= 0.6 is 12.2 Å². The first-order valence-electron chi connectivity index (χ1n) is 9.02. The molecule has 150 valence electrons. The Morgan fingerprint density at radius 3 is 2.48 bits per heavy atom. The van der Waals surface area contributed by atoms with Gasteiger partial charge in [-0.1, -0.05) is 18.3 Å². The summed E-state index contributed by atoms with van der Waals surface area (Å²) in [5, 5.41) is 0. The molecule has 0 spiro atoms. The molecule has 0 fully saturated rings. The van der Waals surface area contributed by atoms with E-state index in [1.165, 1.54) is 4.90 Å². The zero-order valence-corrected chi connectivity index (χ0v) is 16.7. The molecule has 3 rings (SSSR count). The van der Waals surface area contributed by atoms with Crippen LogP contribution in [0.2, 0.25) is 0 Å². The number of carbonyl (C=O) groups is 3. The van der Waals surface area contributed by atoms with Crippen LogP contribution in [0.15, 0.2) is 42.5 Å². The molecule has 1 amide bonds. The number of ether oxygens (including phenoxy) is 2. The van der Waals surface area contributed by atoms with Crippen LogP contribution < -0.4 is 10.5 Å². The van der Waals surface area contributed by atoms with Crippen LogP contribution in [0, 0.1) is 0 Å².